The van der Waals surface area contributed by atoms with Crippen molar-refractivity contribution >= 4 is 52.9 Å². The number of nitrogens with zero attached hydrogens (tertiary/aromatic N) is 7. The van der Waals surface area contributed by atoms with E-state index in [-0.39, 0.29) is 121 Å². The monoisotopic (exact) mass is 823 g/mol. The zero-order valence-corrected chi connectivity index (χ0v) is 33.1. The lowest BCUT2D eigenvalue weighted by Crippen LogP contribution is -2.51. The molecule has 320 valence electrons. The number of carbonyl (C=O) groups excluding carboxylic acids is 4. The number of benzene rings is 1. The number of unbranched alkanes of at least 4 members (excludes halogenated alkanes) is 1. The van der Waals surface area contributed by atoms with Crippen molar-refractivity contribution in [1.82, 2.24) is 29.5 Å². The van der Waals surface area contributed by atoms with Crippen LogP contribution in [-0.4, -0.2) is 178 Å². The molecule has 0 aliphatic carbocycles. The number of carboxylic acid groups (broad SMARTS) is 3. The molecule has 59 heavy (non-hydrogen) atoms. The van der Waals surface area contributed by atoms with Crippen molar-refractivity contribution in [2.75, 3.05) is 78.6 Å². The van der Waals surface area contributed by atoms with Gasteiger partial charge >= 0.3 is 18.0 Å². The SMILES string of the molecule is N#C[C@@H]1CCCN1C(=O)CCC(=O)c1ccnc2ccc(OCCCCC(=O)CCC(OC=O)N3CCN(CC(=O)O)CCN(CC(=O)O)CCN(C(=O)O)CC3)cc12. The van der Waals surface area contributed by atoms with E-state index >= 15 is 0 Å². The molecule has 1 unspecified atom stereocenters. The molecule has 19 nitrogen and oxygen atoms in total. The normalized spacial score (nSPS) is 17.9. The minimum Gasteiger partial charge on any atom is -0.494 e. The molecule has 3 N–H and O–H groups in total. The van der Waals surface area contributed by atoms with Gasteiger partial charge in [-0.1, -0.05) is 0 Å². The first kappa shape index (κ1) is 46.0. The van der Waals surface area contributed by atoms with Crippen LogP contribution in [0.5, 0.6) is 5.75 Å². The average Bonchev–Trinajstić information content (AvgIpc) is 3.69. The molecule has 1 aromatic heterocycles. The number of ketones is 2. The van der Waals surface area contributed by atoms with E-state index in [1.807, 2.05) is 0 Å². The van der Waals surface area contributed by atoms with Gasteiger partial charge < -0.3 is 34.6 Å². The summed E-state index contributed by atoms with van der Waals surface area (Å²) in [6.45, 7) is 1.43. The number of carbonyl (C=O) groups is 7. The molecule has 2 fully saturated rings. The second kappa shape index (κ2) is 23.6. The summed E-state index contributed by atoms with van der Waals surface area (Å²) >= 11 is 0. The molecule has 3 heterocycles. The highest BCUT2D eigenvalue weighted by Crippen LogP contribution is 2.25. The number of carboxylic acids is 2. The molecule has 2 aliphatic rings. The predicted molar refractivity (Wildman–Crippen MR) is 210 cm³/mol. The molecule has 2 atom stereocenters. The van der Waals surface area contributed by atoms with Crippen molar-refractivity contribution in [3.05, 3.63) is 36.0 Å². The summed E-state index contributed by atoms with van der Waals surface area (Å²) in [4.78, 5) is 97.4. The van der Waals surface area contributed by atoms with E-state index in [1.165, 1.54) is 11.1 Å². The molecule has 0 radical (unpaired) electrons. The summed E-state index contributed by atoms with van der Waals surface area (Å²) in [7, 11) is 0. The highest BCUT2D eigenvalue weighted by Gasteiger charge is 2.29. The second-order valence-corrected chi connectivity index (χ2v) is 14.6. The number of aliphatic carboxylic acids is 2. The summed E-state index contributed by atoms with van der Waals surface area (Å²) in [6, 6.07) is 8.52. The van der Waals surface area contributed by atoms with Crippen LogP contribution < -0.4 is 4.74 Å². The Labute approximate surface area is 342 Å². The molecule has 2 aromatic rings. The lowest BCUT2D eigenvalue weighted by atomic mass is 10.0. The largest absolute Gasteiger partial charge is 0.494 e. The smallest absolute Gasteiger partial charge is 0.407 e. The standard InChI is InChI=1S/C40H53N7O12/c41-25-29-4-3-14-47(29)36(51)10-9-35(50)32-12-13-42-34-8-7-31(24-33(32)34)58-23-2-1-5-30(49)6-11-37(59-28-48)45-19-17-43(26-38(52)53)15-16-44(27-39(54)55)18-20-46(22-21-45)40(56)57/h7-8,12-13,24,28-29,37H,1-6,9-11,14-23,26-27H2,(H,52,53)(H,54,55)(H,56,57)/t29-,37?/m0/s1. The fourth-order valence-corrected chi connectivity index (χ4v) is 7.27. The van der Waals surface area contributed by atoms with E-state index in [0.29, 0.717) is 54.6 Å². The molecule has 19 heteroatoms. The van der Waals surface area contributed by atoms with Crippen LogP contribution in [0.1, 0.15) is 68.1 Å². The maximum absolute atomic E-state index is 13.2. The van der Waals surface area contributed by atoms with E-state index in [0.717, 1.165) is 11.3 Å². The predicted octanol–water partition coefficient (Wildman–Crippen LogP) is 2.18. The van der Waals surface area contributed by atoms with Crippen LogP contribution in [0.15, 0.2) is 30.5 Å². The average molecular weight is 824 g/mol. The molecule has 0 bridgehead atoms. The zero-order chi connectivity index (χ0) is 42.7. The van der Waals surface area contributed by atoms with Crippen molar-refractivity contribution in [2.24, 2.45) is 0 Å². The number of hydrogen-bond donors (Lipinski definition) is 3. The zero-order valence-electron chi connectivity index (χ0n) is 33.1. The highest BCUT2D eigenvalue weighted by atomic mass is 16.5. The van der Waals surface area contributed by atoms with Crippen LogP contribution >= 0.6 is 0 Å². The highest BCUT2D eigenvalue weighted by molar-refractivity contribution is 6.08. The van der Waals surface area contributed by atoms with Gasteiger partial charge in [-0.25, -0.2) is 4.79 Å². The number of aromatic nitrogens is 1. The Morgan fingerprint density at radius 3 is 2.20 bits per heavy atom. The van der Waals surface area contributed by atoms with Gasteiger partial charge in [-0.05, 0) is 49.9 Å². The second-order valence-electron chi connectivity index (χ2n) is 14.6. The van der Waals surface area contributed by atoms with Gasteiger partial charge in [0.1, 0.15) is 17.6 Å². The summed E-state index contributed by atoms with van der Waals surface area (Å²) in [5.41, 5.74) is 1.01. The van der Waals surface area contributed by atoms with Crippen molar-refractivity contribution in [1.29, 1.82) is 5.26 Å². The Hall–Kier alpha value is -5.71. The van der Waals surface area contributed by atoms with Gasteiger partial charge in [0.25, 0.3) is 6.47 Å². The molecule has 4 rings (SSSR count). The van der Waals surface area contributed by atoms with Gasteiger partial charge in [0, 0.05) is 108 Å². The van der Waals surface area contributed by atoms with Crippen LogP contribution in [0.4, 0.5) is 4.79 Å². The van der Waals surface area contributed by atoms with Crippen molar-refractivity contribution in [3.8, 4) is 11.8 Å². The van der Waals surface area contributed by atoms with E-state index in [9.17, 15) is 54.1 Å². The Kier molecular flexibility index (Phi) is 18.4. The Bertz CT molecular complexity index is 1840. The summed E-state index contributed by atoms with van der Waals surface area (Å²) < 4.78 is 11.3. The number of amides is 2. The summed E-state index contributed by atoms with van der Waals surface area (Å²) in [6.07, 6.45) is 2.34. The minimum atomic E-state index is -1.21. The van der Waals surface area contributed by atoms with Crippen LogP contribution in [0.2, 0.25) is 0 Å². The fourth-order valence-electron chi connectivity index (χ4n) is 7.27. The van der Waals surface area contributed by atoms with Crippen LogP contribution in [-0.2, 0) is 28.7 Å². The molecule has 0 saturated carbocycles. The van der Waals surface area contributed by atoms with E-state index in [4.69, 9.17) is 9.47 Å². The molecular formula is C40H53N7O12. The fraction of sp³-hybridized carbons (Fsp3) is 0.575. The van der Waals surface area contributed by atoms with Crippen molar-refractivity contribution in [2.45, 2.75) is 70.1 Å². The number of nitriles is 1. The number of pyridine rings is 1. The topological polar surface area (TPSA) is 252 Å². The Balaban J connectivity index is 1.27. The molecule has 2 aliphatic heterocycles. The van der Waals surface area contributed by atoms with Gasteiger partial charge in [-0.2, -0.15) is 5.26 Å². The molecular weight excluding hydrogens is 770 g/mol. The van der Waals surface area contributed by atoms with Crippen molar-refractivity contribution < 1.29 is 58.4 Å². The first-order valence-electron chi connectivity index (χ1n) is 19.8. The third-order valence-electron chi connectivity index (χ3n) is 10.5. The summed E-state index contributed by atoms with van der Waals surface area (Å²) in [5, 5.41) is 38.5. The van der Waals surface area contributed by atoms with Gasteiger partial charge in [0.15, 0.2) is 12.0 Å². The Morgan fingerprint density at radius 2 is 1.53 bits per heavy atom. The molecule has 1 aromatic carbocycles. The number of ether oxygens (including phenoxy) is 2. The lowest BCUT2D eigenvalue weighted by molar-refractivity contribution is -0.146. The number of fused-ring (bicyclic) bond motifs is 1. The van der Waals surface area contributed by atoms with Gasteiger partial charge in [0.2, 0.25) is 5.91 Å². The number of hydrogen-bond acceptors (Lipinski definition) is 14. The van der Waals surface area contributed by atoms with Gasteiger partial charge in [-0.3, -0.25) is 48.5 Å². The quantitative estimate of drug-likeness (QED) is 0.0983. The third kappa shape index (κ3) is 14.9. The van der Waals surface area contributed by atoms with Crippen molar-refractivity contribution in [3.63, 3.8) is 0 Å². The summed E-state index contributed by atoms with van der Waals surface area (Å²) in [5.74, 6) is -2.16. The number of rotatable bonds is 20. The number of likely N-dealkylation sites (tertiary alicyclic amines) is 1. The van der Waals surface area contributed by atoms with Crippen LogP contribution in [0.25, 0.3) is 10.9 Å². The van der Waals surface area contributed by atoms with Crippen LogP contribution in [0, 0.1) is 11.3 Å². The van der Waals surface area contributed by atoms with Gasteiger partial charge in [-0.15, -0.1) is 0 Å². The molecule has 0 spiro atoms. The minimum absolute atomic E-state index is 0.00237. The first-order chi connectivity index (χ1) is 28.4. The third-order valence-corrected chi connectivity index (χ3v) is 10.5. The number of Topliss-reactive ketones (excluding diaryl/α,β-unsaturated/α-hetero) is 2. The van der Waals surface area contributed by atoms with E-state index in [2.05, 4.69) is 11.1 Å². The maximum Gasteiger partial charge on any atom is 0.407 e. The maximum atomic E-state index is 13.2. The lowest BCUT2D eigenvalue weighted by Gasteiger charge is -2.35. The Morgan fingerprint density at radius 1 is 0.847 bits per heavy atom. The van der Waals surface area contributed by atoms with Gasteiger partial charge in [0.05, 0.1) is 31.3 Å². The van der Waals surface area contributed by atoms with Crippen LogP contribution in [0.3, 0.4) is 0 Å². The first-order valence-corrected chi connectivity index (χ1v) is 19.8. The molecule has 2 saturated heterocycles. The molecule has 2 amide bonds. The van der Waals surface area contributed by atoms with E-state index in [1.54, 1.807) is 39.0 Å². The van der Waals surface area contributed by atoms with E-state index < -0.39 is 30.3 Å².